The monoisotopic (exact) mass is 240 g/mol. The molecule has 1 atom stereocenters. The lowest BCUT2D eigenvalue weighted by atomic mass is 9.98. The van der Waals surface area contributed by atoms with E-state index in [1.807, 2.05) is 31.2 Å². The van der Waals surface area contributed by atoms with E-state index in [-0.39, 0.29) is 11.7 Å². The second-order valence-corrected chi connectivity index (χ2v) is 4.16. The Morgan fingerprint density at radius 2 is 2.08 bits per heavy atom. The van der Waals surface area contributed by atoms with E-state index in [1.165, 1.54) is 5.56 Å². The zero-order chi connectivity index (χ0) is 9.84. The Morgan fingerprint density at radius 3 is 2.62 bits per heavy atom. The van der Waals surface area contributed by atoms with Gasteiger partial charge < -0.3 is 0 Å². The Bertz CT molecular complexity index is 307. The Kier molecular flexibility index (Phi) is 3.67. The lowest BCUT2D eigenvalue weighted by Crippen LogP contribution is -2.09. The molecule has 1 rings (SSSR count). The van der Waals surface area contributed by atoms with Gasteiger partial charge in [0.15, 0.2) is 0 Å². The van der Waals surface area contributed by atoms with Crippen molar-refractivity contribution < 1.29 is 4.79 Å². The molecule has 0 N–H and O–H groups in total. The quantitative estimate of drug-likeness (QED) is 0.794. The molecule has 0 bridgehead atoms. The smallest absolute Gasteiger partial charge is 0.132 e. The van der Waals surface area contributed by atoms with E-state index in [0.717, 1.165) is 10.9 Å². The first kappa shape index (κ1) is 10.5. The molecule has 0 spiro atoms. The van der Waals surface area contributed by atoms with Gasteiger partial charge in [0.1, 0.15) is 5.78 Å². The van der Waals surface area contributed by atoms with Crippen LogP contribution in [0.2, 0.25) is 0 Å². The molecule has 0 aliphatic carbocycles. The Morgan fingerprint density at radius 1 is 1.46 bits per heavy atom. The molecular weight excluding hydrogens is 228 g/mol. The fourth-order valence-electron chi connectivity index (χ4n) is 1.14. The van der Waals surface area contributed by atoms with Crippen molar-refractivity contribution in [1.29, 1.82) is 0 Å². The molecule has 1 aromatic carbocycles. The molecule has 0 amide bonds. The summed E-state index contributed by atoms with van der Waals surface area (Å²) in [5.41, 5.74) is 1.20. The molecule has 0 saturated carbocycles. The molecule has 2 heteroatoms. The zero-order valence-electron chi connectivity index (χ0n) is 7.88. The van der Waals surface area contributed by atoms with Gasteiger partial charge in [0.2, 0.25) is 0 Å². The summed E-state index contributed by atoms with van der Waals surface area (Å²) in [4.78, 5) is 11.0. The fourth-order valence-corrected chi connectivity index (χ4v) is 1.58. The number of carbonyl (C=O) groups excluding carboxylic acids is 1. The average Bonchev–Trinajstić information content (AvgIpc) is 2.08. The number of hydrogen-bond donors (Lipinski definition) is 0. The average molecular weight is 241 g/mol. The molecule has 0 unspecified atom stereocenters. The van der Waals surface area contributed by atoms with Gasteiger partial charge in [-0.15, -0.1) is 0 Å². The Hall–Kier alpha value is -0.630. The Balaban J connectivity index is 2.74. The van der Waals surface area contributed by atoms with E-state index < -0.39 is 0 Å². The first-order valence-corrected chi connectivity index (χ1v) is 5.14. The second kappa shape index (κ2) is 4.56. The summed E-state index contributed by atoms with van der Waals surface area (Å²) in [7, 11) is 0. The van der Waals surface area contributed by atoms with Crippen molar-refractivity contribution in [1.82, 2.24) is 0 Å². The molecule has 0 saturated heterocycles. The standard InChI is InChI=1S/C11H13BrO/c1-8(9(2)13)7-10-5-3-4-6-11(10)12/h3-6,8H,7H2,1-2H3/t8-/m0/s1. The van der Waals surface area contributed by atoms with Gasteiger partial charge in [-0.2, -0.15) is 0 Å². The van der Waals surface area contributed by atoms with Crippen LogP contribution in [0.1, 0.15) is 19.4 Å². The molecule has 70 valence electrons. The number of benzene rings is 1. The summed E-state index contributed by atoms with van der Waals surface area (Å²) in [6.07, 6.45) is 0.816. The zero-order valence-corrected chi connectivity index (χ0v) is 9.47. The van der Waals surface area contributed by atoms with Crippen molar-refractivity contribution in [3.8, 4) is 0 Å². The van der Waals surface area contributed by atoms with Gasteiger partial charge in [0.05, 0.1) is 0 Å². The van der Waals surface area contributed by atoms with Crippen molar-refractivity contribution in [2.24, 2.45) is 5.92 Å². The van der Waals surface area contributed by atoms with Crippen LogP contribution in [0, 0.1) is 5.92 Å². The topological polar surface area (TPSA) is 17.1 Å². The van der Waals surface area contributed by atoms with Crippen molar-refractivity contribution in [2.45, 2.75) is 20.3 Å². The van der Waals surface area contributed by atoms with Crippen LogP contribution < -0.4 is 0 Å². The van der Waals surface area contributed by atoms with E-state index >= 15 is 0 Å². The van der Waals surface area contributed by atoms with Crippen LogP contribution in [0.15, 0.2) is 28.7 Å². The first-order chi connectivity index (χ1) is 6.11. The van der Waals surface area contributed by atoms with Crippen LogP contribution in [0.5, 0.6) is 0 Å². The van der Waals surface area contributed by atoms with Gasteiger partial charge in [-0.25, -0.2) is 0 Å². The molecule has 1 aromatic rings. The van der Waals surface area contributed by atoms with Crippen LogP contribution in [-0.4, -0.2) is 5.78 Å². The van der Waals surface area contributed by atoms with Gasteiger partial charge in [0.25, 0.3) is 0 Å². The Labute approximate surface area is 87.3 Å². The SMILES string of the molecule is CC(=O)[C@@H](C)Cc1ccccc1Br. The van der Waals surface area contributed by atoms with Crippen molar-refractivity contribution in [2.75, 3.05) is 0 Å². The maximum absolute atomic E-state index is 11.0. The fraction of sp³-hybridized carbons (Fsp3) is 0.364. The predicted molar refractivity (Wildman–Crippen MR) is 57.7 cm³/mol. The molecule has 0 fully saturated rings. The van der Waals surface area contributed by atoms with E-state index in [9.17, 15) is 4.79 Å². The van der Waals surface area contributed by atoms with Gasteiger partial charge in [0, 0.05) is 10.4 Å². The number of ketones is 1. The predicted octanol–water partition coefficient (Wildman–Crippen LogP) is 3.22. The van der Waals surface area contributed by atoms with Crippen molar-refractivity contribution in [3.05, 3.63) is 34.3 Å². The molecule has 0 heterocycles. The van der Waals surface area contributed by atoms with E-state index in [4.69, 9.17) is 0 Å². The normalized spacial score (nSPS) is 12.5. The number of rotatable bonds is 3. The third-order valence-electron chi connectivity index (χ3n) is 2.18. The highest BCUT2D eigenvalue weighted by Crippen LogP contribution is 2.19. The minimum atomic E-state index is 0.110. The third kappa shape index (κ3) is 2.96. The lowest BCUT2D eigenvalue weighted by molar-refractivity contribution is -0.120. The number of carbonyl (C=O) groups is 1. The maximum atomic E-state index is 11.0. The van der Waals surface area contributed by atoms with Gasteiger partial charge in [-0.3, -0.25) is 4.79 Å². The van der Waals surface area contributed by atoms with Crippen LogP contribution in [0.25, 0.3) is 0 Å². The summed E-state index contributed by atoms with van der Waals surface area (Å²) >= 11 is 3.46. The summed E-state index contributed by atoms with van der Waals surface area (Å²) in [6.45, 7) is 3.60. The molecule has 0 aliphatic heterocycles. The molecule has 1 nitrogen and oxygen atoms in total. The van der Waals surface area contributed by atoms with Crippen LogP contribution >= 0.6 is 15.9 Å². The lowest BCUT2D eigenvalue weighted by Gasteiger charge is -2.08. The van der Waals surface area contributed by atoms with Gasteiger partial charge in [-0.05, 0) is 25.0 Å². The number of hydrogen-bond acceptors (Lipinski definition) is 1. The summed E-state index contributed by atoms with van der Waals surface area (Å²) < 4.78 is 1.09. The van der Waals surface area contributed by atoms with Gasteiger partial charge in [-0.1, -0.05) is 41.1 Å². The highest BCUT2D eigenvalue weighted by atomic mass is 79.9. The van der Waals surface area contributed by atoms with Crippen LogP contribution in [-0.2, 0) is 11.2 Å². The minimum absolute atomic E-state index is 0.110. The summed E-state index contributed by atoms with van der Waals surface area (Å²) in [5, 5.41) is 0. The highest BCUT2D eigenvalue weighted by Gasteiger charge is 2.09. The maximum Gasteiger partial charge on any atom is 0.132 e. The van der Waals surface area contributed by atoms with E-state index in [1.54, 1.807) is 6.92 Å². The van der Waals surface area contributed by atoms with Gasteiger partial charge >= 0.3 is 0 Å². The molecule has 0 aliphatic rings. The van der Waals surface area contributed by atoms with Crippen LogP contribution in [0.4, 0.5) is 0 Å². The van der Waals surface area contributed by atoms with Crippen LogP contribution in [0.3, 0.4) is 0 Å². The third-order valence-corrected chi connectivity index (χ3v) is 2.95. The largest absolute Gasteiger partial charge is 0.300 e. The minimum Gasteiger partial charge on any atom is -0.300 e. The van der Waals surface area contributed by atoms with E-state index in [0.29, 0.717) is 0 Å². The highest BCUT2D eigenvalue weighted by molar-refractivity contribution is 9.10. The first-order valence-electron chi connectivity index (χ1n) is 4.35. The van der Waals surface area contributed by atoms with Crippen molar-refractivity contribution >= 4 is 21.7 Å². The van der Waals surface area contributed by atoms with Crippen molar-refractivity contribution in [3.63, 3.8) is 0 Å². The number of halogens is 1. The summed E-state index contributed by atoms with van der Waals surface area (Å²) in [6, 6.07) is 8.02. The molecule has 0 radical (unpaired) electrons. The second-order valence-electron chi connectivity index (χ2n) is 3.31. The summed E-state index contributed by atoms with van der Waals surface area (Å²) in [5.74, 6) is 0.356. The van der Waals surface area contributed by atoms with E-state index in [2.05, 4.69) is 15.9 Å². The number of Topliss-reactive ketones (excluding diaryl/α,β-unsaturated/α-hetero) is 1. The molecule has 0 aromatic heterocycles. The molecule has 13 heavy (non-hydrogen) atoms. The molecular formula is C11H13BrO.